The van der Waals surface area contributed by atoms with E-state index in [2.05, 4.69) is 49.2 Å². The predicted molar refractivity (Wildman–Crippen MR) is 112 cm³/mol. The molecule has 1 aromatic carbocycles. The van der Waals surface area contributed by atoms with Gasteiger partial charge >= 0.3 is 6.09 Å². The number of amides is 1. The van der Waals surface area contributed by atoms with Crippen LogP contribution in [-0.2, 0) is 11.3 Å². The van der Waals surface area contributed by atoms with Gasteiger partial charge in [-0.15, -0.1) is 0 Å². The number of carbonyl (C=O) groups excluding carboxylic acids is 1. The first-order valence-corrected chi connectivity index (χ1v) is 10.2. The van der Waals surface area contributed by atoms with Gasteiger partial charge in [-0.25, -0.2) is 4.79 Å². The van der Waals surface area contributed by atoms with E-state index in [9.17, 15) is 4.79 Å². The van der Waals surface area contributed by atoms with E-state index in [0.29, 0.717) is 5.92 Å². The molecule has 1 aliphatic heterocycles. The number of ether oxygens (including phenoxy) is 1. The van der Waals surface area contributed by atoms with E-state index in [-0.39, 0.29) is 12.1 Å². The highest BCUT2D eigenvalue weighted by molar-refractivity contribution is 5.80. The first-order valence-electron chi connectivity index (χ1n) is 10.2. The molecule has 6 heteroatoms. The van der Waals surface area contributed by atoms with Crippen molar-refractivity contribution >= 4 is 17.0 Å². The molecular formula is C22H34N4O2. The summed E-state index contributed by atoms with van der Waals surface area (Å²) in [5.74, 6) is 0.487. The second kappa shape index (κ2) is 8.11. The van der Waals surface area contributed by atoms with Crippen LogP contribution in [0.25, 0.3) is 10.9 Å². The molecule has 0 spiro atoms. The van der Waals surface area contributed by atoms with Crippen LogP contribution in [-0.4, -0.2) is 58.5 Å². The Morgan fingerprint density at radius 1 is 1.29 bits per heavy atom. The maximum atomic E-state index is 12.8. The SMILES string of the molecule is C[C@@H]1CC[C@@H](c2ccc3c(cnn3CCN(C)C)c2)N(C(=O)OC(C)(C)C)C1. The Labute approximate surface area is 168 Å². The monoisotopic (exact) mass is 386 g/mol. The van der Waals surface area contributed by atoms with Gasteiger partial charge in [-0.1, -0.05) is 13.0 Å². The van der Waals surface area contributed by atoms with Gasteiger partial charge in [-0.3, -0.25) is 4.68 Å². The van der Waals surface area contributed by atoms with Crippen molar-refractivity contribution in [1.29, 1.82) is 0 Å². The molecule has 1 amide bonds. The Hall–Kier alpha value is -2.08. The van der Waals surface area contributed by atoms with E-state index >= 15 is 0 Å². The highest BCUT2D eigenvalue weighted by Crippen LogP contribution is 2.35. The summed E-state index contributed by atoms with van der Waals surface area (Å²) in [5, 5.41) is 5.68. The van der Waals surface area contributed by atoms with E-state index < -0.39 is 5.60 Å². The van der Waals surface area contributed by atoms with Gasteiger partial charge < -0.3 is 14.5 Å². The van der Waals surface area contributed by atoms with Crippen molar-refractivity contribution in [2.24, 2.45) is 5.92 Å². The molecule has 3 rings (SSSR count). The van der Waals surface area contributed by atoms with E-state index in [1.54, 1.807) is 0 Å². The number of piperidine rings is 1. The molecular weight excluding hydrogens is 352 g/mol. The third-order valence-electron chi connectivity index (χ3n) is 5.26. The Bertz CT molecular complexity index is 822. The maximum absolute atomic E-state index is 12.8. The number of nitrogens with zero attached hydrogens (tertiary/aromatic N) is 4. The molecule has 1 aliphatic rings. The number of fused-ring (bicyclic) bond motifs is 1. The van der Waals surface area contributed by atoms with Crippen LogP contribution in [0, 0.1) is 5.92 Å². The minimum atomic E-state index is -0.486. The fourth-order valence-corrected chi connectivity index (χ4v) is 3.81. The summed E-state index contributed by atoms with van der Waals surface area (Å²) in [7, 11) is 4.14. The number of hydrogen-bond donors (Lipinski definition) is 0. The van der Waals surface area contributed by atoms with Gasteiger partial charge in [0, 0.05) is 18.5 Å². The van der Waals surface area contributed by atoms with Gasteiger partial charge in [-0.2, -0.15) is 5.10 Å². The summed E-state index contributed by atoms with van der Waals surface area (Å²) in [5.41, 5.74) is 1.82. The first kappa shape index (κ1) is 20.6. The lowest BCUT2D eigenvalue weighted by Gasteiger charge is -2.39. The average molecular weight is 387 g/mol. The fourth-order valence-electron chi connectivity index (χ4n) is 3.81. The van der Waals surface area contributed by atoms with Crippen LogP contribution in [0.4, 0.5) is 4.79 Å². The van der Waals surface area contributed by atoms with Crippen molar-refractivity contribution < 1.29 is 9.53 Å². The van der Waals surface area contributed by atoms with Crippen molar-refractivity contribution in [2.75, 3.05) is 27.2 Å². The van der Waals surface area contributed by atoms with Gasteiger partial charge in [0.05, 0.1) is 24.3 Å². The molecule has 6 nitrogen and oxygen atoms in total. The molecule has 28 heavy (non-hydrogen) atoms. The van der Waals surface area contributed by atoms with Crippen LogP contribution in [0.15, 0.2) is 24.4 Å². The quantitative estimate of drug-likeness (QED) is 0.786. The molecule has 1 aromatic heterocycles. The third kappa shape index (κ3) is 4.85. The van der Waals surface area contributed by atoms with Crippen molar-refractivity contribution in [1.82, 2.24) is 19.6 Å². The number of carbonyl (C=O) groups is 1. The van der Waals surface area contributed by atoms with Crippen molar-refractivity contribution in [3.63, 3.8) is 0 Å². The van der Waals surface area contributed by atoms with E-state index in [1.807, 2.05) is 36.5 Å². The average Bonchev–Trinajstić information content (AvgIpc) is 3.00. The summed E-state index contributed by atoms with van der Waals surface area (Å²) in [6, 6.07) is 6.53. The molecule has 0 aliphatic carbocycles. The van der Waals surface area contributed by atoms with E-state index in [1.165, 1.54) is 0 Å². The number of hydrogen-bond acceptors (Lipinski definition) is 4. The summed E-state index contributed by atoms with van der Waals surface area (Å²) < 4.78 is 7.74. The Morgan fingerprint density at radius 2 is 2.04 bits per heavy atom. The highest BCUT2D eigenvalue weighted by atomic mass is 16.6. The highest BCUT2D eigenvalue weighted by Gasteiger charge is 2.34. The van der Waals surface area contributed by atoms with Crippen LogP contribution in [0.2, 0.25) is 0 Å². The van der Waals surface area contributed by atoms with Crippen molar-refractivity contribution in [3.8, 4) is 0 Å². The standard InChI is InChI=1S/C22H34N4O2/c1-16-7-9-19(25(15-16)21(27)28-22(2,3)4)17-8-10-20-18(13-17)14-23-26(20)12-11-24(5)6/h8,10,13-14,16,19H,7,9,11-12,15H2,1-6H3/t16-,19+/m1/s1. The summed E-state index contributed by atoms with van der Waals surface area (Å²) >= 11 is 0. The normalized spacial score (nSPS) is 20.8. The minimum absolute atomic E-state index is 0.0561. The second-order valence-electron chi connectivity index (χ2n) is 9.32. The zero-order valence-electron chi connectivity index (χ0n) is 18.1. The lowest BCUT2D eigenvalue weighted by atomic mass is 9.90. The van der Waals surface area contributed by atoms with Gasteiger partial charge in [0.15, 0.2) is 0 Å². The summed E-state index contributed by atoms with van der Waals surface area (Å²) in [6.45, 7) is 10.5. The van der Waals surface area contributed by atoms with Crippen LogP contribution >= 0.6 is 0 Å². The number of likely N-dealkylation sites (tertiary alicyclic amines) is 1. The first-order chi connectivity index (χ1) is 13.1. The van der Waals surface area contributed by atoms with Crippen LogP contribution < -0.4 is 0 Å². The van der Waals surface area contributed by atoms with Gasteiger partial charge in [0.25, 0.3) is 0 Å². The topological polar surface area (TPSA) is 50.6 Å². The molecule has 0 radical (unpaired) electrons. The van der Waals surface area contributed by atoms with Crippen LogP contribution in [0.3, 0.4) is 0 Å². The van der Waals surface area contributed by atoms with E-state index in [4.69, 9.17) is 4.74 Å². The molecule has 1 fully saturated rings. The molecule has 0 N–H and O–H groups in total. The molecule has 2 heterocycles. The lowest BCUT2D eigenvalue weighted by molar-refractivity contribution is 0.00365. The summed E-state index contributed by atoms with van der Waals surface area (Å²) in [4.78, 5) is 16.9. The third-order valence-corrected chi connectivity index (χ3v) is 5.26. The Morgan fingerprint density at radius 3 is 2.71 bits per heavy atom. The molecule has 1 saturated heterocycles. The predicted octanol–water partition coefficient (Wildman–Crippen LogP) is 4.31. The van der Waals surface area contributed by atoms with Crippen LogP contribution in [0.5, 0.6) is 0 Å². The zero-order chi connectivity index (χ0) is 20.5. The minimum Gasteiger partial charge on any atom is -0.444 e. The van der Waals surface area contributed by atoms with Crippen molar-refractivity contribution in [3.05, 3.63) is 30.0 Å². The Kier molecular flexibility index (Phi) is 5.98. The molecule has 0 bridgehead atoms. The number of rotatable bonds is 4. The van der Waals surface area contributed by atoms with Gasteiger partial charge in [-0.05, 0) is 71.3 Å². The largest absolute Gasteiger partial charge is 0.444 e. The molecule has 2 aromatic rings. The number of likely N-dealkylation sites (N-methyl/N-ethyl adjacent to an activating group) is 1. The van der Waals surface area contributed by atoms with Gasteiger partial charge in [0.1, 0.15) is 5.60 Å². The Balaban J connectivity index is 1.85. The molecule has 2 atom stereocenters. The summed E-state index contributed by atoms with van der Waals surface area (Å²) in [6.07, 6.45) is 3.79. The molecule has 0 unspecified atom stereocenters. The molecule has 0 saturated carbocycles. The number of aromatic nitrogens is 2. The zero-order valence-corrected chi connectivity index (χ0v) is 18.1. The number of benzene rings is 1. The van der Waals surface area contributed by atoms with E-state index in [0.717, 1.165) is 48.9 Å². The van der Waals surface area contributed by atoms with Crippen molar-refractivity contribution in [2.45, 2.75) is 58.7 Å². The van der Waals surface area contributed by atoms with Crippen LogP contribution in [0.1, 0.15) is 52.1 Å². The molecule has 154 valence electrons. The maximum Gasteiger partial charge on any atom is 0.410 e. The lowest BCUT2D eigenvalue weighted by Crippen LogP contribution is -2.44. The smallest absolute Gasteiger partial charge is 0.410 e. The van der Waals surface area contributed by atoms with Gasteiger partial charge in [0.2, 0.25) is 0 Å². The fraction of sp³-hybridized carbons (Fsp3) is 0.636. The second-order valence-corrected chi connectivity index (χ2v) is 9.32.